The monoisotopic (exact) mass is 427 g/mol. The molecule has 0 saturated carbocycles. The lowest BCUT2D eigenvalue weighted by Crippen LogP contribution is -3.27. The Labute approximate surface area is 183 Å². The molecule has 3 rings (SSSR count). The van der Waals surface area contributed by atoms with Crippen molar-refractivity contribution in [3.8, 4) is 0 Å². The second kappa shape index (κ2) is 9.89. The third kappa shape index (κ3) is 5.59. The molecule has 8 heteroatoms. The molecule has 1 atom stereocenters. The molecule has 0 unspecified atom stereocenters. The molecule has 1 saturated heterocycles. The van der Waals surface area contributed by atoms with Crippen LogP contribution in [0.2, 0.25) is 0 Å². The summed E-state index contributed by atoms with van der Waals surface area (Å²) in [5.74, 6) is -0.202. The molecule has 1 heterocycles. The highest BCUT2D eigenvalue weighted by atomic mass is 16.6. The third-order valence-electron chi connectivity index (χ3n) is 6.17. The number of piperazine rings is 1. The number of likely N-dealkylation sites (N-methyl/N-ethyl adjacent to an activating group) is 1. The fraction of sp³-hybridized carbons (Fsp3) is 0.435. The Bertz CT molecular complexity index is 921. The minimum absolute atomic E-state index is 0.0276. The van der Waals surface area contributed by atoms with E-state index in [0.29, 0.717) is 17.7 Å². The first-order valence-corrected chi connectivity index (χ1v) is 10.7. The van der Waals surface area contributed by atoms with Crippen molar-refractivity contribution in [1.82, 2.24) is 5.32 Å². The fourth-order valence-corrected chi connectivity index (χ4v) is 4.15. The van der Waals surface area contributed by atoms with E-state index in [0.717, 1.165) is 31.9 Å². The minimum Gasteiger partial charge on any atom is -0.378 e. The van der Waals surface area contributed by atoms with Crippen molar-refractivity contribution in [2.24, 2.45) is 0 Å². The SMILES string of the molecule is Cc1cc(C(=O)NC[C@H](c2ccc(N(C)C)cc2)[NH+]2CC[NH+](C)CC2)ccc1[N+](=O)[O-]. The minimum atomic E-state index is -0.427. The standard InChI is InChI=1S/C23H31N5O3/c1-17-15-19(7-10-21(17)28(30)31)23(29)24-16-22(27-13-11-26(4)12-14-27)18-5-8-20(9-6-18)25(2)3/h5-10,15,22H,11-14,16H2,1-4H3,(H,24,29)/p+2/t22-/m1/s1. The fourth-order valence-electron chi connectivity index (χ4n) is 4.15. The molecule has 1 aliphatic heterocycles. The van der Waals surface area contributed by atoms with E-state index in [1.807, 2.05) is 14.1 Å². The number of nitrogens with zero attached hydrogens (tertiary/aromatic N) is 2. The van der Waals surface area contributed by atoms with Gasteiger partial charge in [0.25, 0.3) is 11.6 Å². The van der Waals surface area contributed by atoms with Crippen molar-refractivity contribution in [1.29, 1.82) is 0 Å². The summed E-state index contributed by atoms with van der Waals surface area (Å²) in [5, 5.41) is 14.1. The molecule has 1 amide bonds. The number of nitro benzene ring substituents is 1. The Morgan fingerprint density at radius 2 is 1.77 bits per heavy atom. The average molecular weight is 428 g/mol. The van der Waals surface area contributed by atoms with Gasteiger partial charge in [-0.25, -0.2) is 0 Å². The van der Waals surface area contributed by atoms with Gasteiger partial charge in [-0.2, -0.15) is 0 Å². The quantitative estimate of drug-likeness (QED) is 0.424. The molecule has 3 N–H and O–H groups in total. The number of nitro groups is 1. The highest BCUT2D eigenvalue weighted by Crippen LogP contribution is 2.19. The van der Waals surface area contributed by atoms with E-state index < -0.39 is 4.92 Å². The molecule has 2 aromatic rings. The van der Waals surface area contributed by atoms with E-state index in [2.05, 4.69) is 41.5 Å². The number of hydrogen-bond donors (Lipinski definition) is 3. The molecular weight excluding hydrogens is 394 g/mol. The van der Waals surface area contributed by atoms with Crippen LogP contribution in [0.1, 0.15) is 27.5 Å². The van der Waals surface area contributed by atoms with Gasteiger partial charge in [0.2, 0.25) is 0 Å². The van der Waals surface area contributed by atoms with Crippen LogP contribution >= 0.6 is 0 Å². The number of quaternary nitrogens is 2. The molecule has 0 bridgehead atoms. The van der Waals surface area contributed by atoms with Crippen LogP contribution in [-0.4, -0.2) is 64.7 Å². The summed E-state index contributed by atoms with van der Waals surface area (Å²) in [6.45, 7) is 6.50. The number of aryl methyl sites for hydroxylation is 1. The van der Waals surface area contributed by atoms with Crippen LogP contribution in [0, 0.1) is 17.0 Å². The van der Waals surface area contributed by atoms with Crippen molar-refractivity contribution in [2.75, 3.05) is 58.8 Å². The number of nitrogens with one attached hydrogen (secondary N) is 3. The van der Waals surface area contributed by atoms with Crippen LogP contribution in [-0.2, 0) is 0 Å². The first kappa shape index (κ1) is 22.7. The summed E-state index contributed by atoms with van der Waals surface area (Å²) in [6, 6.07) is 13.2. The highest BCUT2D eigenvalue weighted by molar-refractivity contribution is 5.94. The summed E-state index contributed by atoms with van der Waals surface area (Å²) in [7, 11) is 6.26. The normalized spacial score (nSPS) is 19.5. The van der Waals surface area contributed by atoms with Gasteiger partial charge in [0.15, 0.2) is 0 Å². The van der Waals surface area contributed by atoms with Crippen LogP contribution < -0.4 is 20.0 Å². The smallest absolute Gasteiger partial charge is 0.272 e. The van der Waals surface area contributed by atoms with Gasteiger partial charge in [-0.3, -0.25) is 14.9 Å². The van der Waals surface area contributed by atoms with Gasteiger partial charge in [0.1, 0.15) is 32.2 Å². The predicted octanol–water partition coefficient (Wildman–Crippen LogP) is -0.146. The predicted molar refractivity (Wildman–Crippen MR) is 121 cm³/mol. The largest absolute Gasteiger partial charge is 0.378 e. The number of amides is 1. The van der Waals surface area contributed by atoms with Gasteiger partial charge in [-0.15, -0.1) is 0 Å². The Kier molecular flexibility index (Phi) is 7.25. The van der Waals surface area contributed by atoms with Gasteiger partial charge >= 0.3 is 0 Å². The van der Waals surface area contributed by atoms with Gasteiger partial charge in [0.05, 0.1) is 18.5 Å². The highest BCUT2D eigenvalue weighted by Gasteiger charge is 2.30. The molecular formula is C23H33N5O3+2. The van der Waals surface area contributed by atoms with Crippen molar-refractivity contribution in [3.63, 3.8) is 0 Å². The van der Waals surface area contributed by atoms with Crippen LogP contribution in [0.5, 0.6) is 0 Å². The first-order valence-electron chi connectivity index (χ1n) is 10.7. The Balaban J connectivity index is 1.76. The molecule has 0 aliphatic carbocycles. The van der Waals surface area contributed by atoms with Gasteiger partial charge in [-0.1, -0.05) is 12.1 Å². The second-order valence-corrected chi connectivity index (χ2v) is 8.62. The molecule has 1 fully saturated rings. The summed E-state index contributed by atoms with van der Waals surface area (Å²) >= 11 is 0. The maximum atomic E-state index is 12.8. The maximum absolute atomic E-state index is 12.8. The average Bonchev–Trinajstić information content (AvgIpc) is 2.75. The Morgan fingerprint density at radius 3 is 2.32 bits per heavy atom. The van der Waals surface area contributed by atoms with E-state index >= 15 is 0 Å². The number of benzene rings is 2. The molecule has 8 nitrogen and oxygen atoms in total. The van der Waals surface area contributed by atoms with Gasteiger partial charge < -0.3 is 20.0 Å². The zero-order chi connectivity index (χ0) is 22.5. The third-order valence-corrected chi connectivity index (χ3v) is 6.17. The molecule has 0 aromatic heterocycles. The maximum Gasteiger partial charge on any atom is 0.272 e. The zero-order valence-corrected chi connectivity index (χ0v) is 18.8. The zero-order valence-electron chi connectivity index (χ0n) is 18.8. The van der Waals surface area contributed by atoms with E-state index in [-0.39, 0.29) is 17.6 Å². The molecule has 2 aromatic carbocycles. The second-order valence-electron chi connectivity index (χ2n) is 8.62. The first-order chi connectivity index (χ1) is 14.8. The molecule has 1 aliphatic rings. The van der Waals surface area contributed by atoms with Crippen LogP contribution in [0.25, 0.3) is 0 Å². The van der Waals surface area contributed by atoms with Crippen molar-refractivity contribution < 1.29 is 19.5 Å². The number of carbonyl (C=O) groups excluding carboxylic acids is 1. The van der Waals surface area contributed by atoms with Crippen molar-refractivity contribution in [2.45, 2.75) is 13.0 Å². The lowest BCUT2D eigenvalue weighted by molar-refractivity contribution is -1.02. The number of anilines is 1. The van der Waals surface area contributed by atoms with Crippen LogP contribution in [0.3, 0.4) is 0 Å². The van der Waals surface area contributed by atoms with Crippen LogP contribution in [0.15, 0.2) is 42.5 Å². The number of rotatable bonds is 7. The summed E-state index contributed by atoms with van der Waals surface area (Å²) < 4.78 is 0. The van der Waals surface area contributed by atoms with Gasteiger partial charge in [0, 0.05) is 42.5 Å². The Morgan fingerprint density at radius 1 is 1.13 bits per heavy atom. The summed E-state index contributed by atoms with van der Waals surface area (Å²) in [5.41, 5.74) is 3.31. The van der Waals surface area contributed by atoms with E-state index in [1.165, 1.54) is 27.5 Å². The number of hydrogen-bond acceptors (Lipinski definition) is 4. The molecule has 0 spiro atoms. The number of carbonyl (C=O) groups is 1. The molecule has 31 heavy (non-hydrogen) atoms. The van der Waals surface area contributed by atoms with E-state index in [1.54, 1.807) is 13.0 Å². The van der Waals surface area contributed by atoms with E-state index in [4.69, 9.17) is 0 Å². The Hall–Kier alpha value is -2.97. The van der Waals surface area contributed by atoms with Gasteiger partial charge in [-0.05, 0) is 31.2 Å². The van der Waals surface area contributed by atoms with Crippen molar-refractivity contribution in [3.05, 3.63) is 69.3 Å². The lowest BCUT2D eigenvalue weighted by atomic mass is 10.0. The molecule has 0 radical (unpaired) electrons. The van der Waals surface area contributed by atoms with E-state index in [9.17, 15) is 14.9 Å². The molecule has 166 valence electrons. The topological polar surface area (TPSA) is 84.4 Å². The lowest BCUT2D eigenvalue weighted by Gasteiger charge is -2.33. The van der Waals surface area contributed by atoms with Crippen molar-refractivity contribution >= 4 is 17.3 Å². The summed E-state index contributed by atoms with van der Waals surface area (Å²) in [4.78, 5) is 28.5. The van der Waals surface area contributed by atoms with Crippen LogP contribution in [0.4, 0.5) is 11.4 Å². The summed E-state index contributed by atoms with van der Waals surface area (Å²) in [6.07, 6.45) is 0.